The summed E-state index contributed by atoms with van der Waals surface area (Å²) in [7, 11) is 0. The Morgan fingerprint density at radius 3 is 2.70 bits per heavy atom. The highest BCUT2D eigenvalue weighted by Gasteiger charge is 2.14. The summed E-state index contributed by atoms with van der Waals surface area (Å²) in [6.45, 7) is 2.35. The van der Waals surface area contributed by atoms with E-state index in [2.05, 4.69) is 21.2 Å². The van der Waals surface area contributed by atoms with Gasteiger partial charge in [0.05, 0.1) is 4.92 Å². The van der Waals surface area contributed by atoms with Crippen LogP contribution in [-0.2, 0) is 6.54 Å². The molecule has 6 heteroatoms. The maximum absolute atomic E-state index is 11.0. The van der Waals surface area contributed by atoms with E-state index in [1.165, 1.54) is 6.07 Å². The number of anilines is 1. The summed E-state index contributed by atoms with van der Waals surface area (Å²) in [4.78, 5) is 10.6. The molecule has 0 spiro atoms. The van der Waals surface area contributed by atoms with Crippen LogP contribution in [-0.4, -0.2) is 4.92 Å². The minimum atomic E-state index is -0.419. The SMILES string of the molecule is Cc1cc(Br)ccc1NCc1ccc(Cl)cc1[N+](=O)[O-]. The molecule has 4 nitrogen and oxygen atoms in total. The number of aryl methyl sites for hydroxylation is 1. The van der Waals surface area contributed by atoms with Crippen LogP contribution in [0.4, 0.5) is 11.4 Å². The molecule has 0 aromatic heterocycles. The van der Waals surface area contributed by atoms with Crippen LogP contribution in [0.25, 0.3) is 0 Å². The van der Waals surface area contributed by atoms with E-state index in [1.807, 2.05) is 25.1 Å². The van der Waals surface area contributed by atoms with Crippen molar-refractivity contribution in [3.63, 3.8) is 0 Å². The van der Waals surface area contributed by atoms with Crippen LogP contribution in [0.15, 0.2) is 40.9 Å². The molecule has 1 N–H and O–H groups in total. The van der Waals surface area contributed by atoms with Gasteiger partial charge in [-0.2, -0.15) is 0 Å². The third-order valence-corrected chi connectivity index (χ3v) is 3.63. The summed E-state index contributed by atoms with van der Waals surface area (Å²) >= 11 is 9.19. The molecule has 2 rings (SSSR count). The third-order valence-electron chi connectivity index (χ3n) is 2.90. The summed E-state index contributed by atoms with van der Waals surface area (Å²) < 4.78 is 0.998. The number of nitro groups is 1. The lowest BCUT2D eigenvalue weighted by Crippen LogP contribution is -2.04. The number of nitro benzene ring substituents is 1. The molecule has 0 radical (unpaired) electrons. The number of halogens is 2. The van der Waals surface area contributed by atoms with E-state index in [1.54, 1.807) is 12.1 Å². The van der Waals surface area contributed by atoms with E-state index in [0.717, 1.165) is 15.7 Å². The molecular formula is C14H12BrClN2O2. The zero-order chi connectivity index (χ0) is 14.7. The second kappa shape index (κ2) is 6.24. The van der Waals surface area contributed by atoms with E-state index in [0.29, 0.717) is 17.1 Å². The Morgan fingerprint density at radius 2 is 2.05 bits per heavy atom. The van der Waals surface area contributed by atoms with Gasteiger partial charge in [0.15, 0.2) is 0 Å². The monoisotopic (exact) mass is 354 g/mol. The zero-order valence-corrected chi connectivity index (χ0v) is 13.0. The molecular weight excluding hydrogens is 344 g/mol. The molecule has 0 saturated carbocycles. The lowest BCUT2D eigenvalue weighted by molar-refractivity contribution is -0.385. The highest BCUT2D eigenvalue weighted by Crippen LogP contribution is 2.25. The Bertz CT molecular complexity index is 662. The Balaban J connectivity index is 2.20. The molecule has 0 saturated heterocycles. The number of nitrogens with one attached hydrogen (secondary N) is 1. The summed E-state index contributed by atoms with van der Waals surface area (Å²) in [5.74, 6) is 0. The predicted octanol–water partition coefficient (Wildman–Crippen LogP) is 4.93. The van der Waals surface area contributed by atoms with Crippen molar-refractivity contribution in [3.05, 3.63) is 67.1 Å². The van der Waals surface area contributed by atoms with Gasteiger partial charge in [0.1, 0.15) is 0 Å². The van der Waals surface area contributed by atoms with E-state index < -0.39 is 4.92 Å². The molecule has 0 unspecified atom stereocenters. The second-order valence-corrected chi connectivity index (χ2v) is 5.70. The van der Waals surface area contributed by atoms with Gasteiger partial charge < -0.3 is 5.32 Å². The minimum Gasteiger partial charge on any atom is -0.380 e. The van der Waals surface area contributed by atoms with E-state index in [9.17, 15) is 10.1 Å². The number of hydrogen-bond donors (Lipinski definition) is 1. The van der Waals surface area contributed by atoms with Crippen LogP contribution in [0, 0.1) is 17.0 Å². The molecule has 0 aliphatic heterocycles. The normalized spacial score (nSPS) is 10.3. The fourth-order valence-corrected chi connectivity index (χ4v) is 2.51. The largest absolute Gasteiger partial charge is 0.380 e. The van der Waals surface area contributed by atoms with Gasteiger partial charge in [-0.1, -0.05) is 27.5 Å². The van der Waals surface area contributed by atoms with Crippen molar-refractivity contribution in [2.75, 3.05) is 5.32 Å². The second-order valence-electron chi connectivity index (χ2n) is 4.34. The van der Waals surface area contributed by atoms with Crippen molar-refractivity contribution in [3.8, 4) is 0 Å². The quantitative estimate of drug-likeness (QED) is 0.625. The van der Waals surface area contributed by atoms with E-state index in [4.69, 9.17) is 11.6 Å². The fourth-order valence-electron chi connectivity index (χ4n) is 1.87. The molecule has 2 aromatic carbocycles. The van der Waals surface area contributed by atoms with Crippen LogP contribution < -0.4 is 5.32 Å². The van der Waals surface area contributed by atoms with E-state index >= 15 is 0 Å². The van der Waals surface area contributed by atoms with Crippen LogP contribution in [0.3, 0.4) is 0 Å². The van der Waals surface area contributed by atoms with Crippen molar-refractivity contribution in [1.82, 2.24) is 0 Å². The first kappa shape index (κ1) is 14.8. The average Bonchev–Trinajstić information content (AvgIpc) is 2.38. The first-order valence-corrected chi connectivity index (χ1v) is 7.07. The zero-order valence-electron chi connectivity index (χ0n) is 10.7. The number of hydrogen-bond acceptors (Lipinski definition) is 3. The van der Waals surface area contributed by atoms with Gasteiger partial charge in [0.25, 0.3) is 5.69 Å². The third kappa shape index (κ3) is 3.49. The smallest absolute Gasteiger partial charge is 0.275 e. The summed E-state index contributed by atoms with van der Waals surface area (Å²) in [6.07, 6.45) is 0. The lowest BCUT2D eigenvalue weighted by Gasteiger charge is -2.10. The molecule has 0 atom stereocenters. The summed E-state index contributed by atoms with van der Waals surface area (Å²) in [6, 6.07) is 10.5. The topological polar surface area (TPSA) is 55.2 Å². The Morgan fingerprint density at radius 1 is 1.30 bits per heavy atom. The standard InChI is InChI=1S/C14H12BrClN2O2/c1-9-6-11(15)3-5-13(9)17-8-10-2-4-12(16)7-14(10)18(19)20/h2-7,17H,8H2,1H3. The van der Waals surface area contributed by atoms with Crippen LogP contribution >= 0.6 is 27.5 Å². The molecule has 0 fully saturated rings. The highest BCUT2D eigenvalue weighted by molar-refractivity contribution is 9.10. The van der Waals surface area contributed by atoms with Gasteiger partial charge in [0.2, 0.25) is 0 Å². The maximum Gasteiger partial charge on any atom is 0.275 e. The van der Waals surface area contributed by atoms with Gasteiger partial charge in [-0.3, -0.25) is 10.1 Å². The van der Waals surface area contributed by atoms with Crippen LogP contribution in [0.5, 0.6) is 0 Å². The Hall–Kier alpha value is -1.59. The number of rotatable bonds is 4. The van der Waals surface area contributed by atoms with Gasteiger partial charge in [0, 0.05) is 33.4 Å². The molecule has 2 aromatic rings. The van der Waals surface area contributed by atoms with Gasteiger partial charge in [-0.05, 0) is 42.8 Å². The first-order chi connectivity index (χ1) is 9.47. The minimum absolute atomic E-state index is 0.0276. The van der Waals surface area contributed by atoms with Crippen molar-refractivity contribution in [2.24, 2.45) is 0 Å². The fraction of sp³-hybridized carbons (Fsp3) is 0.143. The predicted molar refractivity (Wildman–Crippen MR) is 84.3 cm³/mol. The van der Waals surface area contributed by atoms with Crippen molar-refractivity contribution < 1.29 is 4.92 Å². The van der Waals surface area contributed by atoms with Crippen molar-refractivity contribution in [2.45, 2.75) is 13.5 Å². The molecule has 0 amide bonds. The summed E-state index contributed by atoms with van der Waals surface area (Å²) in [5, 5.41) is 14.6. The maximum atomic E-state index is 11.0. The molecule has 20 heavy (non-hydrogen) atoms. The van der Waals surface area contributed by atoms with Crippen molar-refractivity contribution in [1.29, 1.82) is 0 Å². The Labute approximate surface area is 130 Å². The molecule has 0 heterocycles. The number of nitrogens with zero attached hydrogens (tertiary/aromatic N) is 1. The molecule has 0 aliphatic carbocycles. The van der Waals surface area contributed by atoms with Gasteiger partial charge >= 0.3 is 0 Å². The Kier molecular flexibility index (Phi) is 4.62. The van der Waals surface area contributed by atoms with Crippen LogP contribution in [0.1, 0.15) is 11.1 Å². The lowest BCUT2D eigenvalue weighted by atomic mass is 10.1. The number of benzene rings is 2. The highest BCUT2D eigenvalue weighted by atomic mass is 79.9. The summed E-state index contributed by atoms with van der Waals surface area (Å²) in [5.41, 5.74) is 2.63. The van der Waals surface area contributed by atoms with Gasteiger partial charge in [-0.15, -0.1) is 0 Å². The van der Waals surface area contributed by atoms with Gasteiger partial charge in [-0.25, -0.2) is 0 Å². The average molecular weight is 356 g/mol. The molecule has 0 aliphatic rings. The van der Waals surface area contributed by atoms with Crippen LogP contribution in [0.2, 0.25) is 5.02 Å². The molecule has 104 valence electrons. The van der Waals surface area contributed by atoms with E-state index in [-0.39, 0.29) is 5.69 Å². The first-order valence-electron chi connectivity index (χ1n) is 5.90. The van der Waals surface area contributed by atoms with Crippen molar-refractivity contribution >= 4 is 38.9 Å². The molecule has 0 bridgehead atoms.